The molecule has 0 spiro atoms. The molecule has 134 valence electrons. The van der Waals surface area contributed by atoms with E-state index in [1.54, 1.807) is 7.05 Å². The summed E-state index contributed by atoms with van der Waals surface area (Å²) in [5.41, 5.74) is 2.61. The number of halogens is 1. The Kier molecular flexibility index (Phi) is 9.10. The lowest BCUT2D eigenvalue weighted by Gasteiger charge is -2.22. The Morgan fingerprint density at radius 2 is 1.75 bits per heavy atom. The molecule has 0 heterocycles. The van der Waals surface area contributed by atoms with E-state index in [-0.39, 0.29) is 35.8 Å². The zero-order chi connectivity index (χ0) is 16.7. The van der Waals surface area contributed by atoms with Crippen LogP contribution in [0.4, 0.5) is 0 Å². The zero-order valence-electron chi connectivity index (χ0n) is 14.8. The van der Waals surface area contributed by atoms with Gasteiger partial charge in [-0.3, -0.25) is 9.79 Å². The van der Waals surface area contributed by atoms with Crippen LogP contribution in [0.1, 0.15) is 30.9 Å². The maximum Gasteiger partial charge on any atom is 0.223 e. The fraction of sp³-hybridized carbons (Fsp3) is 0.556. The quantitative estimate of drug-likeness (QED) is 0.294. The summed E-state index contributed by atoms with van der Waals surface area (Å²) in [6.45, 7) is 4.28. The van der Waals surface area contributed by atoms with Crippen LogP contribution in [0.25, 0.3) is 0 Å². The second kappa shape index (κ2) is 10.5. The molecule has 0 aliphatic heterocycles. The first-order valence-electron chi connectivity index (χ1n) is 8.41. The summed E-state index contributed by atoms with van der Waals surface area (Å²) >= 11 is 0. The number of aryl methyl sites for hydroxylation is 1. The number of hydrogen-bond acceptors (Lipinski definition) is 2. The van der Waals surface area contributed by atoms with Crippen LogP contribution in [0.3, 0.4) is 0 Å². The minimum atomic E-state index is 0. The van der Waals surface area contributed by atoms with Crippen LogP contribution in [0, 0.1) is 5.92 Å². The van der Waals surface area contributed by atoms with E-state index in [4.69, 9.17) is 0 Å². The minimum absolute atomic E-state index is 0. The van der Waals surface area contributed by atoms with Crippen LogP contribution >= 0.6 is 24.0 Å². The normalized spacial score (nSPS) is 13.9. The molecule has 6 heteroatoms. The van der Waals surface area contributed by atoms with Crippen LogP contribution in [0.15, 0.2) is 29.3 Å². The van der Waals surface area contributed by atoms with Crippen molar-refractivity contribution in [1.29, 1.82) is 0 Å². The summed E-state index contributed by atoms with van der Waals surface area (Å²) < 4.78 is 0. The molecule has 1 aromatic carbocycles. The molecule has 1 amide bonds. The molecule has 0 aromatic heterocycles. The molecule has 1 aliphatic rings. The fourth-order valence-electron chi connectivity index (χ4n) is 2.46. The Bertz CT molecular complexity index is 540. The number of aliphatic imine (C=N–C) groups is 1. The van der Waals surface area contributed by atoms with Gasteiger partial charge in [-0.15, -0.1) is 24.0 Å². The second-order valence-corrected chi connectivity index (χ2v) is 6.07. The van der Waals surface area contributed by atoms with E-state index in [1.165, 1.54) is 11.1 Å². The standard InChI is InChI=1S/C18H28N4O.HI/c1-4-14-5-7-15(8-6-14)13-22(3)18(19-2)21-12-11-20-17(23)16-9-10-16;/h5-8,16H,4,9-13H2,1-3H3,(H,19,21)(H,20,23);1H. The first-order valence-corrected chi connectivity index (χ1v) is 8.41. The van der Waals surface area contributed by atoms with Crippen molar-refractivity contribution < 1.29 is 4.79 Å². The van der Waals surface area contributed by atoms with Gasteiger partial charge >= 0.3 is 0 Å². The highest BCUT2D eigenvalue weighted by atomic mass is 127. The third-order valence-corrected chi connectivity index (χ3v) is 4.08. The maximum atomic E-state index is 11.6. The van der Waals surface area contributed by atoms with E-state index < -0.39 is 0 Å². The van der Waals surface area contributed by atoms with E-state index in [0.717, 1.165) is 31.8 Å². The van der Waals surface area contributed by atoms with Crippen LogP contribution in [0.2, 0.25) is 0 Å². The number of rotatable bonds is 7. The van der Waals surface area contributed by atoms with E-state index in [9.17, 15) is 4.79 Å². The lowest BCUT2D eigenvalue weighted by molar-refractivity contribution is -0.122. The smallest absolute Gasteiger partial charge is 0.223 e. The van der Waals surface area contributed by atoms with Gasteiger partial charge in [0.25, 0.3) is 0 Å². The number of nitrogens with zero attached hydrogens (tertiary/aromatic N) is 2. The predicted octanol–water partition coefficient (Wildman–Crippen LogP) is 2.40. The summed E-state index contributed by atoms with van der Waals surface area (Å²) in [6, 6.07) is 8.68. The molecule has 0 radical (unpaired) electrons. The number of benzene rings is 1. The van der Waals surface area contributed by atoms with Crippen LogP contribution in [0.5, 0.6) is 0 Å². The highest BCUT2D eigenvalue weighted by Gasteiger charge is 2.28. The molecule has 1 aliphatic carbocycles. The molecule has 1 saturated carbocycles. The van der Waals surface area contributed by atoms with Gasteiger partial charge in [0, 0.05) is 39.6 Å². The van der Waals surface area contributed by atoms with Gasteiger partial charge in [0.15, 0.2) is 5.96 Å². The average Bonchev–Trinajstić information content (AvgIpc) is 3.40. The topological polar surface area (TPSA) is 56.7 Å². The van der Waals surface area contributed by atoms with E-state index in [1.807, 2.05) is 7.05 Å². The molecule has 2 rings (SSSR count). The van der Waals surface area contributed by atoms with Gasteiger partial charge in [-0.1, -0.05) is 31.2 Å². The van der Waals surface area contributed by atoms with Gasteiger partial charge in [-0.05, 0) is 30.4 Å². The third-order valence-electron chi connectivity index (χ3n) is 4.08. The maximum absolute atomic E-state index is 11.6. The van der Waals surface area contributed by atoms with Crippen LogP contribution in [-0.4, -0.2) is 44.0 Å². The summed E-state index contributed by atoms with van der Waals surface area (Å²) in [4.78, 5) is 18.0. The zero-order valence-corrected chi connectivity index (χ0v) is 17.2. The Morgan fingerprint density at radius 3 is 2.29 bits per heavy atom. The monoisotopic (exact) mass is 444 g/mol. The average molecular weight is 444 g/mol. The molecule has 0 unspecified atom stereocenters. The van der Waals surface area contributed by atoms with Crippen molar-refractivity contribution in [2.24, 2.45) is 10.9 Å². The Balaban J connectivity index is 0.00000288. The van der Waals surface area contributed by atoms with E-state index in [0.29, 0.717) is 13.1 Å². The molecule has 5 nitrogen and oxygen atoms in total. The van der Waals surface area contributed by atoms with Crippen molar-refractivity contribution in [3.63, 3.8) is 0 Å². The third kappa shape index (κ3) is 6.67. The Hall–Kier alpha value is -1.31. The number of hydrogen-bond donors (Lipinski definition) is 2. The van der Waals surface area contributed by atoms with E-state index in [2.05, 4.69) is 51.7 Å². The van der Waals surface area contributed by atoms with Gasteiger partial charge in [0.1, 0.15) is 0 Å². The molecule has 24 heavy (non-hydrogen) atoms. The van der Waals surface area contributed by atoms with Crippen LogP contribution in [-0.2, 0) is 17.8 Å². The number of guanidine groups is 1. The molecule has 0 atom stereocenters. The van der Waals surface area contributed by atoms with Gasteiger partial charge in [0.2, 0.25) is 5.91 Å². The highest BCUT2D eigenvalue weighted by molar-refractivity contribution is 14.0. The lowest BCUT2D eigenvalue weighted by Crippen LogP contribution is -2.42. The fourth-order valence-corrected chi connectivity index (χ4v) is 2.46. The van der Waals surface area contributed by atoms with Gasteiger partial charge in [0.05, 0.1) is 0 Å². The predicted molar refractivity (Wildman–Crippen MR) is 110 cm³/mol. The summed E-state index contributed by atoms with van der Waals surface area (Å²) in [6.07, 6.45) is 3.15. The Morgan fingerprint density at radius 1 is 1.17 bits per heavy atom. The molecule has 0 bridgehead atoms. The number of carbonyl (C=O) groups is 1. The Labute approximate surface area is 162 Å². The molecule has 1 fully saturated rings. The summed E-state index contributed by atoms with van der Waals surface area (Å²) in [5, 5.41) is 6.24. The number of nitrogens with one attached hydrogen (secondary N) is 2. The number of carbonyl (C=O) groups excluding carboxylic acids is 1. The second-order valence-electron chi connectivity index (χ2n) is 6.07. The van der Waals surface area contributed by atoms with Gasteiger partial charge < -0.3 is 15.5 Å². The first kappa shape index (κ1) is 20.7. The van der Waals surface area contributed by atoms with Crippen molar-refractivity contribution in [3.8, 4) is 0 Å². The highest BCUT2D eigenvalue weighted by Crippen LogP contribution is 2.28. The van der Waals surface area contributed by atoms with E-state index >= 15 is 0 Å². The first-order chi connectivity index (χ1) is 11.1. The lowest BCUT2D eigenvalue weighted by atomic mass is 10.1. The summed E-state index contributed by atoms with van der Waals surface area (Å²) in [5.74, 6) is 1.29. The van der Waals surface area contributed by atoms with Crippen molar-refractivity contribution in [2.45, 2.75) is 32.7 Å². The minimum Gasteiger partial charge on any atom is -0.354 e. The molecule has 1 aromatic rings. The number of amides is 1. The van der Waals surface area contributed by atoms with Crippen molar-refractivity contribution >= 4 is 35.8 Å². The van der Waals surface area contributed by atoms with Crippen molar-refractivity contribution in [2.75, 3.05) is 27.2 Å². The summed E-state index contributed by atoms with van der Waals surface area (Å²) in [7, 11) is 3.80. The molecule has 2 N–H and O–H groups in total. The molecular weight excluding hydrogens is 415 g/mol. The molecular formula is C18H29IN4O. The van der Waals surface area contributed by atoms with Crippen molar-refractivity contribution in [1.82, 2.24) is 15.5 Å². The largest absolute Gasteiger partial charge is 0.354 e. The SMILES string of the molecule is CCc1ccc(CN(C)C(=NC)NCCNC(=O)C2CC2)cc1.I. The van der Waals surface area contributed by atoms with Crippen molar-refractivity contribution in [3.05, 3.63) is 35.4 Å². The van der Waals surface area contributed by atoms with Gasteiger partial charge in [-0.25, -0.2) is 0 Å². The van der Waals surface area contributed by atoms with Crippen LogP contribution < -0.4 is 10.6 Å². The van der Waals surface area contributed by atoms with Gasteiger partial charge in [-0.2, -0.15) is 0 Å². The molecule has 0 saturated heterocycles.